The highest BCUT2D eigenvalue weighted by molar-refractivity contribution is 5.91. The number of carbonyl (C=O) groups is 1. The molecule has 2 heterocycles. The van der Waals surface area contributed by atoms with Crippen molar-refractivity contribution in [3.8, 4) is 0 Å². The van der Waals surface area contributed by atoms with Crippen molar-refractivity contribution in [3.63, 3.8) is 0 Å². The van der Waals surface area contributed by atoms with Crippen LogP contribution in [0, 0.1) is 12.8 Å². The summed E-state index contributed by atoms with van der Waals surface area (Å²) in [6.07, 6.45) is 2.13. The van der Waals surface area contributed by atoms with E-state index in [4.69, 9.17) is 5.73 Å². The van der Waals surface area contributed by atoms with E-state index >= 15 is 0 Å². The SMILES string of the molecule is Cc1nn(C)c(NC(=O)N2CCC(C)CC2)c1N. The van der Waals surface area contributed by atoms with Gasteiger partial charge >= 0.3 is 6.03 Å². The van der Waals surface area contributed by atoms with E-state index in [1.807, 2.05) is 11.8 Å². The van der Waals surface area contributed by atoms with Gasteiger partial charge in [0.1, 0.15) is 0 Å². The Morgan fingerprint density at radius 1 is 1.44 bits per heavy atom. The summed E-state index contributed by atoms with van der Waals surface area (Å²) in [6, 6.07) is -0.0865. The Hall–Kier alpha value is -1.72. The third-order valence-corrected chi connectivity index (χ3v) is 3.56. The van der Waals surface area contributed by atoms with Gasteiger partial charge in [0.15, 0.2) is 5.82 Å². The lowest BCUT2D eigenvalue weighted by Crippen LogP contribution is -2.41. The Balaban J connectivity index is 2.03. The highest BCUT2D eigenvalue weighted by Gasteiger charge is 2.22. The van der Waals surface area contributed by atoms with Gasteiger partial charge in [-0.05, 0) is 25.7 Å². The molecule has 1 aromatic rings. The van der Waals surface area contributed by atoms with Gasteiger partial charge in [-0.2, -0.15) is 5.10 Å². The lowest BCUT2D eigenvalue weighted by atomic mass is 10.00. The molecular formula is C12H21N5O. The summed E-state index contributed by atoms with van der Waals surface area (Å²) in [5.74, 6) is 1.29. The van der Waals surface area contributed by atoms with Crippen LogP contribution in [0.5, 0.6) is 0 Å². The molecule has 3 N–H and O–H groups in total. The molecule has 1 aromatic heterocycles. The first kappa shape index (κ1) is 12.7. The molecule has 1 aliphatic heterocycles. The molecule has 0 radical (unpaired) electrons. The van der Waals surface area contributed by atoms with Gasteiger partial charge in [-0.3, -0.25) is 10.00 Å². The normalized spacial score (nSPS) is 16.9. The van der Waals surface area contributed by atoms with E-state index in [1.165, 1.54) is 0 Å². The maximum absolute atomic E-state index is 12.1. The summed E-state index contributed by atoms with van der Waals surface area (Å²) in [4.78, 5) is 13.9. The van der Waals surface area contributed by atoms with Crippen molar-refractivity contribution in [2.45, 2.75) is 26.7 Å². The van der Waals surface area contributed by atoms with Crippen LogP contribution < -0.4 is 11.1 Å². The van der Waals surface area contributed by atoms with Crippen LogP contribution in [0.1, 0.15) is 25.5 Å². The number of amides is 2. The van der Waals surface area contributed by atoms with E-state index in [9.17, 15) is 4.79 Å². The Labute approximate surface area is 107 Å². The van der Waals surface area contributed by atoms with Crippen LogP contribution in [0.3, 0.4) is 0 Å². The van der Waals surface area contributed by atoms with E-state index in [-0.39, 0.29) is 6.03 Å². The van der Waals surface area contributed by atoms with E-state index < -0.39 is 0 Å². The van der Waals surface area contributed by atoms with Crippen LogP contribution in [-0.4, -0.2) is 33.8 Å². The molecule has 0 aliphatic carbocycles. The first-order valence-corrected chi connectivity index (χ1v) is 6.34. The molecule has 0 aromatic carbocycles. The molecule has 6 nitrogen and oxygen atoms in total. The zero-order valence-corrected chi connectivity index (χ0v) is 11.2. The smallest absolute Gasteiger partial charge is 0.323 e. The molecule has 2 rings (SSSR count). The van der Waals surface area contributed by atoms with E-state index in [0.717, 1.165) is 31.6 Å². The van der Waals surface area contributed by atoms with Gasteiger partial charge in [0, 0.05) is 20.1 Å². The molecule has 0 bridgehead atoms. The van der Waals surface area contributed by atoms with E-state index in [0.29, 0.717) is 17.4 Å². The summed E-state index contributed by atoms with van der Waals surface area (Å²) in [5, 5.41) is 7.03. The van der Waals surface area contributed by atoms with Crippen molar-refractivity contribution in [3.05, 3.63) is 5.69 Å². The third kappa shape index (κ3) is 2.42. The van der Waals surface area contributed by atoms with E-state index in [2.05, 4.69) is 17.3 Å². The number of nitrogens with one attached hydrogen (secondary N) is 1. The number of urea groups is 1. The van der Waals surface area contributed by atoms with Crippen molar-refractivity contribution < 1.29 is 4.79 Å². The predicted octanol–water partition coefficient (Wildman–Crippen LogP) is 1.57. The molecule has 0 atom stereocenters. The lowest BCUT2D eigenvalue weighted by molar-refractivity contribution is 0.186. The van der Waals surface area contributed by atoms with Gasteiger partial charge in [0.2, 0.25) is 0 Å². The molecule has 1 fully saturated rings. The van der Waals surface area contributed by atoms with Crippen LogP contribution in [0.15, 0.2) is 0 Å². The maximum Gasteiger partial charge on any atom is 0.323 e. The summed E-state index contributed by atoms with van der Waals surface area (Å²) in [6.45, 7) is 5.67. The van der Waals surface area contributed by atoms with Gasteiger partial charge in [0.25, 0.3) is 0 Å². The largest absolute Gasteiger partial charge is 0.394 e. The average Bonchev–Trinajstić information content (AvgIpc) is 2.57. The van der Waals surface area contributed by atoms with Gasteiger partial charge < -0.3 is 10.6 Å². The lowest BCUT2D eigenvalue weighted by Gasteiger charge is -2.30. The fraction of sp³-hybridized carbons (Fsp3) is 0.667. The first-order chi connectivity index (χ1) is 8.49. The van der Waals surface area contributed by atoms with Gasteiger partial charge in [0.05, 0.1) is 11.4 Å². The molecule has 0 unspecified atom stereocenters. The summed E-state index contributed by atoms with van der Waals surface area (Å²) >= 11 is 0. The van der Waals surface area contributed by atoms with Gasteiger partial charge in [-0.15, -0.1) is 0 Å². The predicted molar refractivity (Wildman–Crippen MR) is 71.3 cm³/mol. The number of aromatic nitrogens is 2. The first-order valence-electron chi connectivity index (χ1n) is 6.34. The Morgan fingerprint density at radius 3 is 2.56 bits per heavy atom. The molecule has 1 saturated heterocycles. The number of aryl methyl sites for hydroxylation is 2. The second-order valence-corrected chi connectivity index (χ2v) is 5.07. The molecule has 1 aliphatic rings. The zero-order valence-electron chi connectivity index (χ0n) is 11.2. The quantitative estimate of drug-likeness (QED) is 0.795. The summed E-state index contributed by atoms with van der Waals surface area (Å²) in [5.41, 5.74) is 7.16. The Kier molecular flexibility index (Phi) is 3.45. The number of likely N-dealkylation sites (tertiary alicyclic amines) is 1. The van der Waals surface area contributed by atoms with Crippen molar-refractivity contribution in [2.75, 3.05) is 24.1 Å². The van der Waals surface area contributed by atoms with Crippen LogP contribution >= 0.6 is 0 Å². The number of hydrogen-bond acceptors (Lipinski definition) is 3. The topological polar surface area (TPSA) is 76.2 Å². The number of nitrogen functional groups attached to an aromatic ring is 1. The van der Waals surface area contributed by atoms with Crippen LogP contribution in [-0.2, 0) is 7.05 Å². The maximum atomic E-state index is 12.1. The number of nitrogens with zero attached hydrogens (tertiary/aromatic N) is 3. The monoisotopic (exact) mass is 251 g/mol. The third-order valence-electron chi connectivity index (χ3n) is 3.56. The molecule has 2 amide bonds. The molecule has 0 saturated carbocycles. The minimum atomic E-state index is -0.0865. The number of hydrogen-bond donors (Lipinski definition) is 2. The molecule has 18 heavy (non-hydrogen) atoms. The fourth-order valence-corrected chi connectivity index (χ4v) is 2.21. The fourth-order valence-electron chi connectivity index (χ4n) is 2.21. The summed E-state index contributed by atoms with van der Waals surface area (Å²) in [7, 11) is 1.78. The summed E-state index contributed by atoms with van der Waals surface area (Å²) < 4.78 is 1.61. The second kappa shape index (κ2) is 4.88. The molecular weight excluding hydrogens is 230 g/mol. The highest BCUT2D eigenvalue weighted by Crippen LogP contribution is 2.22. The van der Waals surface area contributed by atoms with Crippen molar-refractivity contribution in [2.24, 2.45) is 13.0 Å². The number of nitrogens with two attached hydrogens (primary N) is 1. The van der Waals surface area contributed by atoms with Gasteiger partial charge in [-0.25, -0.2) is 4.79 Å². The molecule has 100 valence electrons. The van der Waals surface area contributed by atoms with Gasteiger partial charge in [-0.1, -0.05) is 6.92 Å². The second-order valence-electron chi connectivity index (χ2n) is 5.07. The van der Waals surface area contributed by atoms with Crippen molar-refractivity contribution in [1.29, 1.82) is 0 Å². The van der Waals surface area contributed by atoms with Crippen molar-refractivity contribution in [1.82, 2.24) is 14.7 Å². The van der Waals surface area contributed by atoms with Crippen LogP contribution in [0.4, 0.5) is 16.3 Å². The average molecular weight is 251 g/mol. The van der Waals surface area contributed by atoms with Crippen LogP contribution in [0.2, 0.25) is 0 Å². The molecule has 6 heteroatoms. The molecule has 0 spiro atoms. The standard InChI is InChI=1S/C12H21N5O/c1-8-4-6-17(7-5-8)12(18)14-11-10(13)9(2)15-16(11)3/h8H,4-7,13H2,1-3H3,(H,14,18). The number of carbonyl (C=O) groups excluding carboxylic acids is 1. The van der Waals surface area contributed by atoms with E-state index in [1.54, 1.807) is 11.7 Å². The Morgan fingerprint density at radius 2 is 2.06 bits per heavy atom. The minimum Gasteiger partial charge on any atom is -0.394 e. The Bertz CT molecular complexity index is 446. The van der Waals surface area contributed by atoms with Crippen LogP contribution in [0.25, 0.3) is 0 Å². The zero-order chi connectivity index (χ0) is 13.3. The highest BCUT2D eigenvalue weighted by atomic mass is 16.2. The number of anilines is 2. The minimum absolute atomic E-state index is 0.0865. The number of rotatable bonds is 1. The van der Waals surface area contributed by atoms with Crippen molar-refractivity contribution >= 4 is 17.5 Å². The number of piperidine rings is 1.